The molecule has 4 nitrogen and oxygen atoms in total. The van der Waals surface area contributed by atoms with Gasteiger partial charge in [-0.2, -0.15) is 0 Å². The maximum absolute atomic E-state index is 13.0. The van der Waals surface area contributed by atoms with E-state index >= 15 is 0 Å². The molecule has 2 aliphatic heterocycles. The predicted octanol–water partition coefficient (Wildman–Crippen LogP) is 2.98. The summed E-state index contributed by atoms with van der Waals surface area (Å²) in [4.78, 5) is 4.50. The summed E-state index contributed by atoms with van der Waals surface area (Å²) in [7, 11) is 0. The number of rotatable bonds is 1. The van der Waals surface area contributed by atoms with Crippen molar-refractivity contribution in [3.8, 4) is 5.75 Å². The highest BCUT2D eigenvalue weighted by atomic mass is 19.1. The SMILES string of the molecule is Fc1ccc(C2C=C3Oc4ccccc4N=C3NN2)cc1. The van der Waals surface area contributed by atoms with E-state index in [4.69, 9.17) is 4.74 Å². The van der Waals surface area contributed by atoms with Crippen molar-refractivity contribution >= 4 is 11.5 Å². The zero-order chi connectivity index (χ0) is 14.2. The summed E-state index contributed by atoms with van der Waals surface area (Å²) in [5, 5.41) is 0. The third kappa shape index (κ3) is 2.17. The molecule has 4 rings (SSSR count). The molecule has 0 saturated heterocycles. The minimum atomic E-state index is -0.250. The summed E-state index contributed by atoms with van der Waals surface area (Å²) in [6.07, 6.45) is 1.93. The molecule has 2 heterocycles. The van der Waals surface area contributed by atoms with E-state index in [1.165, 1.54) is 12.1 Å². The number of hydrogen-bond donors (Lipinski definition) is 2. The molecular weight excluding hydrogens is 269 g/mol. The first-order valence-corrected chi connectivity index (χ1v) is 6.64. The Morgan fingerprint density at radius 3 is 2.71 bits per heavy atom. The molecule has 0 fully saturated rings. The Kier molecular flexibility index (Phi) is 2.72. The second-order valence-corrected chi connectivity index (χ2v) is 4.86. The highest BCUT2D eigenvalue weighted by Gasteiger charge is 2.25. The molecule has 104 valence electrons. The van der Waals surface area contributed by atoms with Crippen LogP contribution < -0.4 is 15.6 Å². The minimum absolute atomic E-state index is 0.107. The quantitative estimate of drug-likeness (QED) is 0.844. The first-order valence-electron chi connectivity index (χ1n) is 6.64. The van der Waals surface area contributed by atoms with E-state index in [1.54, 1.807) is 12.1 Å². The number of hydrogen-bond acceptors (Lipinski definition) is 4. The van der Waals surface area contributed by atoms with Crippen LogP contribution in [-0.2, 0) is 0 Å². The number of hydrazine groups is 1. The molecule has 0 aliphatic carbocycles. The van der Waals surface area contributed by atoms with Crippen molar-refractivity contribution in [3.63, 3.8) is 0 Å². The van der Waals surface area contributed by atoms with E-state index in [0.29, 0.717) is 11.6 Å². The van der Waals surface area contributed by atoms with Crippen molar-refractivity contribution in [2.75, 3.05) is 0 Å². The zero-order valence-corrected chi connectivity index (χ0v) is 11.0. The lowest BCUT2D eigenvalue weighted by molar-refractivity contribution is 0.417. The van der Waals surface area contributed by atoms with Gasteiger partial charge in [0.05, 0.1) is 6.04 Å². The molecule has 0 amide bonds. The Balaban J connectivity index is 1.69. The Morgan fingerprint density at radius 2 is 1.86 bits per heavy atom. The highest BCUT2D eigenvalue weighted by molar-refractivity contribution is 6.00. The standard InChI is InChI=1S/C16H12FN3O/c17-11-7-5-10(6-8-11)13-9-15-16(20-19-13)18-12-3-1-2-4-14(12)21-15/h1-9,13,19H,(H,18,20). The fourth-order valence-electron chi connectivity index (χ4n) is 2.37. The summed E-state index contributed by atoms with van der Waals surface area (Å²) in [6.45, 7) is 0. The molecule has 1 atom stereocenters. The maximum atomic E-state index is 13.0. The molecule has 2 aliphatic rings. The summed E-state index contributed by atoms with van der Waals surface area (Å²) in [6, 6.07) is 13.9. The average molecular weight is 281 g/mol. The Hall–Kier alpha value is -2.66. The van der Waals surface area contributed by atoms with Gasteiger partial charge in [0.1, 0.15) is 11.5 Å². The van der Waals surface area contributed by atoms with Gasteiger partial charge < -0.3 is 10.2 Å². The van der Waals surface area contributed by atoms with Gasteiger partial charge in [0.15, 0.2) is 17.3 Å². The van der Waals surface area contributed by atoms with Crippen LogP contribution in [0.1, 0.15) is 11.6 Å². The van der Waals surface area contributed by atoms with Crippen molar-refractivity contribution in [1.82, 2.24) is 10.9 Å². The number of benzene rings is 2. The molecule has 5 heteroatoms. The van der Waals surface area contributed by atoms with Crippen LogP contribution in [0.3, 0.4) is 0 Å². The molecule has 0 saturated carbocycles. The van der Waals surface area contributed by atoms with Crippen LogP contribution in [0.5, 0.6) is 5.75 Å². The number of nitrogens with one attached hydrogen (secondary N) is 2. The van der Waals surface area contributed by atoms with Crippen LogP contribution in [0, 0.1) is 5.82 Å². The van der Waals surface area contributed by atoms with Crippen molar-refractivity contribution in [3.05, 3.63) is 71.7 Å². The first-order chi connectivity index (χ1) is 10.3. The third-order valence-corrected chi connectivity index (χ3v) is 3.44. The Labute approximate surface area is 120 Å². The van der Waals surface area contributed by atoms with Gasteiger partial charge in [-0.05, 0) is 35.9 Å². The lowest BCUT2D eigenvalue weighted by atomic mass is 10.1. The highest BCUT2D eigenvalue weighted by Crippen LogP contribution is 2.34. The van der Waals surface area contributed by atoms with Gasteiger partial charge in [-0.1, -0.05) is 24.3 Å². The number of halogens is 1. The monoisotopic (exact) mass is 281 g/mol. The van der Waals surface area contributed by atoms with Crippen LogP contribution in [0.15, 0.2) is 65.4 Å². The smallest absolute Gasteiger partial charge is 0.184 e. The van der Waals surface area contributed by atoms with E-state index in [-0.39, 0.29) is 11.9 Å². The topological polar surface area (TPSA) is 45.6 Å². The number of para-hydroxylation sites is 2. The molecule has 0 aromatic heterocycles. The summed E-state index contributed by atoms with van der Waals surface area (Å²) in [5.74, 6) is 1.79. The lowest BCUT2D eigenvalue weighted by Gasteiger charge is -2.28. The molecule has 0 spiro atoms. The second-order valence-electron chi connectivity index (χ2n) is 4.86. The molecule has 0 bridgehead atoms. The van der Waals surface area contributed by atoms with Gasteiger partial charge in [0, 0.05) is 0 Å². The van der Waals surface area contributed by atoms with Gasteiger partial charge in [-0.25, -0.2) is 14.8 Å². The van der Waals surface area contributed by atoms with Crippen LogP contribution in [-0.4, -0.2) is 5.84 Å². The minimum Gasteiger partial charge on any atom is -0.451 e. The van der Waals surface area contributed by atoms with Crippen molar-refractivity contribution in [1.29, 1.82) is 0 Å². The lowest BCUT2D eigenvalue weighted by Crippen LogP contribution is -2.45. The van der Waals surface area contributed by atoms with Gasteiger partial charge >= 0.3 is 0 Å². The normalized spacial score (nSPS) is 19.4. The number of aliphatic imine (C=N–C) groups is 1. The molecule has 0 radical (unpaired) electrons. The fourth-order valence-corrected chi connectivity index (χ4v) is 2.37. The second kappa shape index (κ2) is 4.71. The van der Waals surface area contributed by atoms with Crippen LogP contribution in [0.25, 0.3) is 0 Å². The number of amidine groups is 1. The maximum Gasteiger partial charge on any atom is 0.184 e. The van der Waals surface area contributed by atoms with Crippen molar-refractivity contribution < 1.29 is 9.13 Å². The predicted molar refractivity (Wildman–Crippen MR) is 77.7 cm³/mol. The van der Waals surface area contributed by atoms with E-state index in [9.17, 15) is 4.39 Å². The number of nitrogens with zero attached hydrogens (tertiary/aromatic N) is 1. The van der Waals surface area contributed by atoms with E-state index < -0.39 is 0 Å². The van der Waals surface area contributed by atoms with Crippen molar-refractivity contribution in [2.45, 2.75) is 6.04 Å². The van der Waals surface area contributed by atoms with Crippen LogP contribution >= 0.6 is 0 Å². The Morgan fingerprint density at radius 1 is 1.05 bits per heavy atom. The molecular formula is C16H12FN3O. The molecule has 2 aromatic rings. The zero-order valence-electron chi connectivity index (χ0n) is 11.0. The van der Waals surface area contributed by atoms with E-state index in [2.05, 4.69) is 15.8 Å². The largest absolute Gasteiger partial charge is 0.451 e. The molecule has 2 N–H and O–H groups in total. The summed E-state index contributed by atoms with van der Waals surface area (Å²) < 4.78 is 18.9. The van der Waals surface area contributed by atoms with E-state index in [1.807, 2.05) is 30.3 Å². The fraction of sp³-hybridized carbons (Fsp3) is 0.0625. The van der Waals surface area contributed by atoms with Crippen LogP contribution in [0.4, 0.5) is 10.1 Å². The van der Waals surface area contributed by atoms with Gasteiger partial charge in [0.2, 0.25) is 0 Å². The Bertz CT molecular complexity index is 752. The van der Waals surface area contributed by atoms with Gasteiger partial charge in [-0.15, -0.1) is 0 Å². The van der Waals surface area contributed by atoms with Gasteiger partial charge in [0.25, 0.3) is 0 Å². The summed E-state index contributed by atoms with van der Waals surface area (Å²) in [5.41, 5.74) is 7.90. The molecule has 2 aromatic carbocycles. The third-order valence-electron chi connectivity index (χ3n) is 3.44. The molecule has 21 heavy (non-hydrogen) atoms. The van der Waals surface area contributed by atoms with Gasteiger partial charge in [-0.3, -0.25) is 0 Å². The average Bonchev–Trinajstić information content (AvgIpc) is 2.53. The number of fused-ring (bicyclic) bond motifs is 2. The van der Waals surface area contributed by atoms with Crippen molar-refractivity contribution in [2.24, 2.45) is 4.99 Å². The van der Waals surface area contributed by atoms with Crippen LogP contribution in [0.2, 0.25) is 0 Å². The first kappa shape index (κ1) is 12.1. The van der Waals surface area contributed by atoms with E-state index in [0.717, 1.165) is 17.0 Å². The summed E-state index contributed by atoms with van der Waals surface area (Å²) >= 11 is 0. The number of ether oxygens (including phenoxy) is 1. The molecule has 1 unspecified atom stereocenters.